The lowest BCUT2D eigenvalue weighted by atomic mass is 9.89. The maximum Gasteiger partial charge on any atom is 0.247 e. The topological polar surface area (TPSA) is 160 Å². The summed E-state index contributed by atoms with van der Waals surface area (Å²) in [6.45, 7) is 48.6. The number of nitriles is 2. The minimum atomic E-state index is -2.15. The predicted molar refractivity (Wildman–Crippen MR) is 286 cm³/mol. The Morgan fingerprint density at radius 3 is 1.58 bits per heavy atom. The average molecular weight is 990 g/mol. The number of benzene rings is 4. The Kier molecular flexibility index (Phi) is 19.0. The Morgan fingerprint density at radius 1 is 0.676 bits per heavy atom. The third kappa shape index (κ3) is 14.3. The largest absolute Gasteiger partial charge is 0.420 e. The third-order valence-corrected chi connectivity index (χ3v) is 23.8. The van der Waals surface area contributed by atoms with Crippen molar-refractivity contribution in [1.29, 1.82) is 10.5 Å². The fraction of sp³-hybridized carbons (Fsp3) is 0.439. The van der Waals surface area contributed by atoms with Crippen LogP contribution in [0.4, 0.5) is 11.4 Å². The predicted octanol–water partition coefficient (Wildman–Crippen LogP) is 13.8. The molecular formula is C57H71N7O5Si2. The van der Waals surface area contributed by atoms with Crippen LogP contribution in [0.2, 0.25) is 36.3 Å². The van der Waals surface area contributed by atoms with Gasteiger partial charge in [-0.05, 0) is 149 Å². The normalized spacial score (nSPS) is 13.5. The van der Waals surface area contributed by atoms with E-state index in [0.29, 0.717) is 52.7 Å². The monoisotopic (exact) mass is 990 g/mol. The van der Waals surface area contributed by atoms with Crippen LogP contribution in [0.3, 0.4) is 0 Å². The molecule has 1 N–H and O–H groups in total. The third-order valence-electron chi connectivity index (χ3n) is 14.7. The van der Waals surface area contributed by atoms with E-state index in [-0.39, 0.29) is 46.4 Å². The van der Waals surface area contributed by atoms with Crippen molar-refractivity contribution in [2.24, 2.45) is 5.92 Å². The highest BCUT2D eigenvalue weighted by Crippen LogP contribution is 2.41. The molecule has 12 nitrogen and oxygen atoms in total. The van der Waals surface area contributed by atoms with Crippen LogP contribution < -0.4 is 5.32 Å². The van der Waals surface area contributed by atoms with Gasteiger partial charge in [0, 0.05) is 11.1 Å². The number of rotatable bonds is 16. The van der Waals surface area contributed by atoms with Gasteiger partial charge in [0.1, 0.15) is 0 Å². The Balaban J connectivity index is 0.000000309. The Morgan fingerprint density at radius 2 is 1.13 bits per heavy atom. The molecule has 0 saturated heterocycles. The van der Waals surface area contributed by atoms with Gasteiger partial charge in [-0.3, -0.25) is 9.59 Å². The summed E-state index contributed by atoms with van der Waals surface area (Å²) in [7, 11) is -4.20. The minimum Gasteiger partial charge on any atom is -0.420 e. The Hall–Kier alpha value is -6.53. The van der Waals surface area contributed by atoms with Crippen molar-refractivity contribution < 1.29 is 22.9 Å². The van der Waals surface area contributed by atoms with Gasteiger partial charge < -0.3 is 18.6 Å². The summed E-state index contributed by atoms with van der Waals surface area (Å²) in [6, 6.07) is 25.3. The van der Waals surface area contributed by atoms with Crippen LogP contribution in [-0.2, 0) is 26.5 Å². The number of carbonyl (C=O) groups excluding carboxylic acids is 2. The molecule has 0 spiro atoms. The molecule has 1 aromatic heterocycles. The van der Waals surface area contributed by atoms with Gasteiger partial charge in [-0.2, -0.15) is 10.5 Å². The van der Waals surface area contributed by atoms with Gasteiger partial charge in [-0.1, -0.05) is 89.1 Å². The van der Waals surface area contributed by atoms with Crippen LogP contribution in [0.5, 0.6) is 0 Å². The van der Waals surface area contributed by atoms with Crippen molar-refractivity contribution in [2.45, 2.75) is 150 Å². The van der Waals surface area contributed by atoms with Crippen LogP contribution in [0.15, 0.2) is 77.2 Å². The average Bonchev–Trinajstić information content (AvgIpc) is 3.81. The first-order valence-corrected chi connectivity index (χ1v) is 29.8. The fourth-order valence-corrected chi connectivity index (χ4v) is 10.5. The molecule has 0 aliphatic carbocycles. The lowest BCUT2D eigenvalue weighted by Gasteiger charge is -2.40. The summed E-state index contributed by atoms with van der Waals surface area (Å²) in [4.78, 5) is 33.4. The molecule has 0 aliphatic heterocycles. The van der Waals surface area contributed by atoms with E-state index in [1.165, 1.54) is 0 Å². The highest BCUT2D eigenvalue weighted by molar-refractivity contribution is 6.74. The second kappa shape index (κ2) is 23.6. The van der Waals surface area contributed by atoms with Gasteiger partial charge in [0.15, 0.2) is 33.8 Å². The van der Waals surface area contributed by atoms with E-state index < -0.39 is 22.6 Å². The van der Waals surface area contributed by atoms with E-state index in [9.17, 15) is 9.59 Å². The molecule has 372 valence electrons. The molecule has 4 atom stereocenters. The van der Waals surface area contributed by atoms with Crippen molar-refractivity contribution in [3.05, 3.63) is 152 Å². The standard InChI is InChI=1S/C29H37N3O3Si.C28H34N4O2Si/c1-19-20(2)26(31-7)15-14-24(19)16-25(21(3)35-36(8,9)29(4,5)6)28(34)32-18-27(33)23-12-10-22(17-30)11-13-23;1-18-19(2)25(30-7)15-14-23(18)16-24(20(3)34-35(8,9)28(4,5)6)27-32-31-26(33-27)22-12-10-21(17-29)11-13-22/h10-15,21,25H,16,18H2,1-6,8-9H3,(H,32,34);10-15,20,24H,16H2,1-6,8-9H3/t21-,25-;20-,24-/m11/s1. The lowest BCUT2D eigenvalue weighted by molar-refractivity contribution is -0.127. The summed E-state index contributed by atoms with van der Waals surface area (Å²) < 4.78 is 19.6. The number of nitrogens with zero attached hydrogens (tertiary/aromatic N) is 6. The van der Waals surface area contributed by atoms with Gasteiger partial charge in [-0.15, -0.1) is 10.2 Å². The lowest BCUT2D eigenvalue weighted by Crippen LogP contribution is -2.48. The van der Waals surface area contributed by atoms with Gasteiger partial charge in [-0.25, -0.2) is 9.69 Å². The van der Waals surface area contributed by atoms with Gasteiger partial charge in [0.05, 0.1) is 67.0 Å². The van der Waals surface area contributed by atoms with Crippen LogP contribution in [0.1, 0.15) is 122 Å². The molecule has 0 unspecified atom stereocenters. The Bertz CT molecular complexity index is 2870. The molecular weight excluding hydrogens is 919 g/mol. The summed E-state index contributed by atoms with van der Waals surface area (Å²) in [6.07, 6.45) is 0.592. The zero-order chi connectivity index (χ0) is 53.2. The van der Waals surface area contributed by atoms with Crippen LogP contribution in [-0.4, -0.2) is 57.3 Å². The highest BCUT2D eigenvalue weighted by atomic mass is 28.4. The van der Waals surface area contributed by atoms with Crippen molar-refractivity contribution >= 4 is 39.7 Å². The zero-order valence-corrected chi connectivity index (χ0v) is 46.6. The van der Waals surface area contributed by atoms with Crippen LogP contribution in [0.25, 0.3) is 21.1 Å². The van der Waals surface area contributed by atoms with Crippen molar-refractivity contribution in [2.75, 3.05) is 6.54 Å². The number of aromatic nitrogens is 2. The van der Waals surface area contributed by atoms with Crippen LogP contribution >= 0.6 is 0 Å². The molecule has 71 heavy (non-hydrogen) atoms. The molecule has 0 aliphatic rings. The number of amides is 1. The molecule has 5 rings (SSSR count). The summed E-state index contributed by atoms with van der Waals surface area (Å²) in [5.41, 5.74) is 9.69. The molecule has 0 fully saturated rings. The van der Waals surface area contributed by atoms with E-state index in [0.717, 1.165) is 38.9 Å². The molecule has 5 aromatic rings. The van der Waals surface area contributed by atoms with E-state index >= 15 is 0 Å². The molecule has 0 bridgehead atoms. The first-order valence-electron chi connectivity index (χ1n) is 24.0. The van der Waals surface area contributed by atoms with E-state index in [2.05, 4.69) is 113 Å². The summed E-state index contributed by atoms with van der Waals surface area (Å²) in [5, 5.41) is 29.7. The molecule has 4 aromatic carbocycles. The van der Waals surface area contributed by atoms with Crippen molar-refractivity contribution in [3.8, 4) is 23.6 Å². The number of hydrogen-bond acceptors (Lipinski definition) is 9. The van der Waals surface area contributed by atoms with Gasteiger partial charge in [0.2, 0.25) is 17.7 Å². The van der Waals surface area contributed by atoms with E-state index in [1.807, 2.05) is 64.1 Å². The molecule has 14 heteroatoms. The van der Waals surface area contributed by atoms with Crippen molar-refractivity contribution in [1.82, 2.24) is 15.5 Å². The van der Waals surface area contributed by atoms with E-state index in [4.69, 9.17) is 36.9 Å². The minimum absolute atomic E-state index is 0.0162. The second-order valence-corrected chi connectivity index (χ2v) is 31.0. The maximum absolute atomic E-state index is 13.5. The number of hydrogen-bond donors (Lipinski definition) is 1. The van der Waals surface area contributed by atoms with Crippen LogP contribution in [0, 0.1) is 69.4 Å². The fourth-order valence-electron chi connectivity index (χ4n) is 7.58. The zero-order valence-electron chi connectivity index (χ0n) is 44.6. The molecule has 1 heterocycles. The summed E-state index contributed by atoms with van der Waals surface area (Å²) >= 11 is 0. The molecule has 1 amide bonds. The smallest absolute Gasteiger partial charge is 0.247 e. The van der Waals surface area contributed by atoms with Crippen molar-refractivity contribution in [3.63, 3.8) is 0 Å². The SMILES string of the molecule is [C-]#[N+]c1ccc(C[C@@H](C(=O)NCC(=O)c2ccc(C#N)cc2)[C@@H](C)O[Si](C)(C)C(C)(C)C)c(C)c1C.[C-]#[N+]c1ccc(C[C@@H](c2nnc(-c3ccc(C#N)cc3)o2)[C@@H](C)O[Si](C)(C)C(C)(C)C)c(C)c1C. The van der Waals surface area contributed by atoms with Gasteiger partial charge >= 0.3 is 0 Å². The number of carbonyl (C=O) groups is 2. The summed E-state index contributed by atoms with van der Waals surface area (Å²) in [5.74, 6) is -0.176. The first-order chi connectivity index (χ1) is 33.1. The number of nitrogens with one attached hydrogen (secondary N) is 1. The highest BCUT2D eigenvalue weighted by Gasteiger charge is 2.42. The second-order valence-electron chi connectivity index (χ2n) is 21.5. The maximum atomic E-state index is 13.5. The Labute approximate surface area is 424 Å². The molecule has 0 saturated carbocycles. The first kappa shape index (κ1) is 57.1. The number of ketones is 1. The van der Waals surface area contributed by atoms with Gasteiger partial charge in [0.25, 0.3) is 0 Å². The molecule has 0 radical (unpaired) electrons. The number of Topliss-reactive ketones (excluding diaryl/α,β-unsaturated/α-hetero) is 1. The quantitative estimate of drug-likeness (QED) is 0.0576. The van der Waals surface area contributed by atoms with E-state index in [1.54, 1.807) is 42.5 Å².